The van der Waals surface area contributed by atoms with Crippen LogP contribution in [0.1, 0.15) is 129 Å². The van der Waals surface area contributed by atoms with Crippen molar-refractivity contribution in [1.82, 2.24) is 0 Å². The van der Waals surface area contributed by atoms with Gasteiger partial charge >= 0.3 is 0 Å². The van der Waals surface area contributed by atoms with Crippen LogP contribution in [0, 0.1) is 59.2 Å². The molecule has 0 spiro atoms. The van der Waals surface area contributed by atoms with E-state index >= 15 is 0 Å². The molecule has 5 saturated carbocycles. The fourth-order valence-corrected chi connectivity index (χ4v) is 10.0. The molecular weight excluding hydrogens is 384 g/mol. The maximum atomic E-state index is 2.48. The van der Waals surface area contributed by atoms with Gasteiger partial charge < -0.3 is 0 Å². The van der Waals surface area contributed by atoms with Crippen molar-refractivity contribution in [3.05, 3.63) is 12.2 Å². The highest BCUT2D eigenvalue weighted by Crippen LogP contribution is 2.54. The van der Waals surface area contributed by atoms with Crippen LogP contribution in [0.25, 0.3) is 0 Å². The first kappa shape index (κ1) is 23.5. The largest absolute Gasteiger partial charge is 0.0914 e. The van der Waals surface area contributed by atoms with Crippen LogP contribution < -0.4 is 0 Å². The monoisotopic (exact) mass is 438 g/mol. The van der Waals surface area contributed by atoms with E-state index in [2.05, 4.69) is 26.0 Å². The van der Waals surface area contributed by atoms with Gasteiger partial charge in [0.25, 0.3) is 0 Å². The van der Waals surface area contributed by atoms with Gasteiger partial charge in [-0.1, -0.05) is 38.3 Å². The molecule has 32 heavy (non-hydrogen) atoms. The molecule has 0 N–H and O–H groups in total. The third-order valence-electron chi connectivity index (χ3n) is 11.8. The summed E-state index contributed by atoms with van der Waals surface area (Å²) in [7, 11) is 0. The third-order valence-corrected chi connectivity index (χ3v) is 11.8. The van der Waals surface area contributed by atoms with Crippen molar-refractivity contribution in [3.8, 4) is 0 Å². The Morgan fingerprint density at radius 2 is 0.906 bits per heavy atom. The highest BCUT2D eigenvalue weighted by atomic mass is 14.5. The lowest BCUT2D eigenvalue weighted by molar-refractivity contribution is 0.0182. The van der Waals surface area contributed by atoms with Gasteiger partial charge in [0.2, 0.25) is 0 Å². The SMILES string of the molecule is C/C=C/C1CCC(C2CCC3CC(C4CCC5CC(CCC)CCC5C4)CCC3C2)CC1. The van der Waals surface area contributed by atoms with E-state index in [0.717, 1.165) is 59.2 Å². The molecule has 182 valence electrons. The maximum absolute atomic E-state index is 2.48. The summed E-state index contributed by atoms with van der Waals surface area (Å²) in [6, 6.07) is 0. The summed E-state index contributed by atoms with van der Waals surface area (Å²) in [5.74, 6) is 10.8. The topological polar surface area (TPSA) is 0 Å². The fraction of sp³-hybridized carbons (Fsp3) is 0.938. The minimum atomic E-state index is 0.903. The maximum Gasteiger partial charge on any atom is -0.0233 e. The van der Waals surface area contributed by atoms with E-state index in [9.17, 15) is 0 Å². The molecule has 0 heteroatoms. The summed E-state index contributed by atoms with van der Waals surface area (Å²) in [4.78, 5) is 0. The molecule has 0 heterocycles. The van der Waals surface area contributed by atoms with E-state index in [4.69, 9.17) is 0 Å². The Balaban J connectivity index is 1.08. The summed E-state index contributed by atoms with van der Waals surface area (Å²) < 4.78 is 0. The average molecular weight is 439 g/mol. The van der Waals surface area contributed by atoms with Gasteiger partial charge in [-0.3, -0.25) is 0 Å². The Morgan fingerprint density at radius 1 is 0.500 bits per heavy atom. The molecule has 8 unspecified atom stereocenters. The van der Waals surface area contributed by atoms with Crippen LogP contribution in [0.15, 0.2) is 12.2 Å². The Hall–Kier alpha value is -0.260. The van der Waals surface area contributed by atoms with Crippen LogP contribution in [0.5, 0.6) is 0 Å². The molecule has 0 nitrogen and oxygen atoms in total. The van der Waals surface area contributed by atoms with Crippen molar-refractivity contribution in [2.45, 2.75) is 129 Å². The van der Waals surface area contributed by atoms with E-state index in [1.54, 1.807) is 77.0 Å². The Morgan fingerprint density at radius 3 is 1.38 bits per heavy atom. The summed E-state index contributed by atoms with van der Waals surface area (Å²) in [5.41, 5.74) is 0. The molecule has 0 aromatic rings. The van der Waals surface area contributed by atoms with Crippen LogP contribution in [-0.2, 0) is 0 Å². The minimum Gasteiger partial charge on any atom is -0.0914 e. The highest BCUT2D eigenvalue weighted by molar-refractivity contribution is 4.95. The lowest BCUT2D eigenvalue weighted by atomic mass is 9.56. The van der Waals surface area contributed by atoms with Gasteiger partial charge in [-0.15, -0.1) is 0 Å². The number of hydrogen-bond donors (Lipinski definition) is 0. The van der Waals surface area contributed by atoms with Gasteiger partial charge in [-0.05, 0) is 162 Å². The fourth-order valence-electron chi connectivity index (χ4n) is 10.0. The predicted molar refractivity (Wildman–Crippen MR) is 138 cm³/mol. The summed E-state index contributed by atoms with van der Waals surface area (Å²) in [6.45, 7) is 4.59. The molecule has 0 aliphatic heterocycles. The average Bonchev–Trinajstić information content (AvgIpc) is 2.84. The third kappa shape index (κ3) is 5.35. The summed E-state index contributed by atoms with van der Waals surface area (Å²) in [6.07, 6.45) is 32.9. The molecule has 5 aliphatic carbocycles. The van der Waals surface area contributed by atoms with E-state index < -0.39 is 0 Å². The molecule has 5 aliphatic rings. The van der Waals surface area contributed by atoms with Crippen molar-refractivity contribution in [2.75, 3.05) is 0 Å². The molecule has 5 rings (SSSR count). The van der Waals surface area contributed by atoms with Gasteiger partial charge in [0.15, 0.2) is 0 Å². The van der Waals surface area contributed by atoms with Crippen molar-refractivity contribution in [1.29, 1.82) is 0 Å². The van der Waals surface area contributed by atoms with E-state index in [1.165, 1.54) is 38.5 Å². The first-order chi connectivity index (χ1) is 15.7. The number of fused-ring (bicyclic) bond motifs is 2. The Kier molecular flexibility index (Phi) is 8.06. The quantitative estimate of drug-likeness (QED) is 0.375. The second-order valence-corrected chi connectivity index (χ2v) is 13.4. The van der Waals surface area contributed by atoms with Gasteiger partial charge in [0, 0.05) is 0 Å². The minimum absolute atomic E-state index is 0.903. The van der Waals surface area contributed by atoms with Crippen LogP contribution in [0.4, 0.5) is 0 Å². The standard InChI is InChI=1S/C32H54/c1-3-5-23-7-10-25(11-8-23)27-14-16-31-22-32(18-17-29(31)20-27)30-15-13-26-19-24(6-4-2)9-12-28(26)21-30/h3,5,23-32H,4,6-22H2,1-2H3/b5-3+. The molecule has 0 aromatic heterocycles. The van der Waals surface area contributed by atoms with E-state index in [-0.39, 0.29) is 0 Å². The summed E-state index contributed by atoms with van der Waals surface area (Å²) >= 11 is 0. The van der Waals surface area contributed by atoms with E-state index in [1.807, 2.05) is 0 Å². The van der Waals surface area contributed by atoms with E-state index in [0.29, 0.717) is 0 Å². The number of hydrogen-bond acceptors (Lipinski definition) is 0. The molecule has 0 amide bonds. The first-order valence-electron chi connectivity index (χ1n) is 15.4. The molecule has 5 fully saturated rings. The predicted octanol–water partition coefficient (Wildman–Crippen LogP) is 9.83. The molecule has 0 aromatic carbocycles. The Bertz CT molecular complexity index is 595. The normalized spacial score (nSPS) is 47.7. The van der Waals surface area contributed by atoms with Crippen molar-refractivity contribution >= 4 is 0 Å². The smallest absolute Gasteiger partial charge is 0.0233 e. The van der Waals surface area contributed by atoms with Crippen LogP contribution in [0.2, 0.25) is 0 Å². The zero-order valence-corrected chi connectivity index (χ0v) is 21.7. The lowest BCUT2D eigenvalue weighted by Gasteiger charge is -2.49. The van der Waals surface area contributed by atoms with Gasteiger partial charge in [-0.2, -0.15) is 0 Å². The van der Waals surface area contributed by atoms with Gasteiger partial charge in [-0.25, -0.2) is 0 Å². The zero-order valence-electron chi connectivity index (χ0n) is 21.7. The van der Waals surface area contributed by atoms with Gasteiger partial charge in [0.1, 0.15) is 0 Å². The van der Waals surface area contributed by atoms with Gasteiger partial charge in [0.05, 0.1) is 0 Å². The second kappa shape index (κ2) is 11.0. The number of rotatable bonds is 5. The molecule has 0 saturated heterocycles. The lowest BCUT2D eigenvalue weighted by Crippen LogP contribution is -2.38. The van der Waals surface area contributed by atoms with Crippen LogP contribution in [-0.4, -0.2) is 0 Å². The molecule has 0 bridgehead atoms. The molecule has 0 radical (unpaired) electrons. The second-order valence-electron chi connectivity index (χ2n) is 13.4. The Labute approximate surface area is 200 Å². The zero-order chi connectivity index (χ0) is 21.9. The van der Waals surface area contributed by atoms with Crippen molar-refractivity contribution < 1.29 is 0 Å². The molecular formula is C32H54. The highest BCUT2D eigenvalue weighted by Gasteiger charge is 2.43. The first-order valence-corrected chi connectivity index (χ1v) is 15.4. The molecule has 8 atom stereocenters. The van der Waals surface area contributed by atoms with Crippen molar-refractivity contribution in [2.24, 2.45) is 59.2 Å². The van der Waals surface area contributed by atoms with Crippen LogP contribution in [0.3, 0.4) is 0 Å². The number of allylic oxidation sites excluding steroid dienone is 2. The summed E-state index contributed by atoms with van der Waals surface area (Å²) in [5, 5.41) is 0. The van der Waals surface area contributed by atoms with Crippen LogP contribution >= 0.6 is 0 Å². The van der Waals surface area contributed by atoms with Crippen molar-refractivity contribution in [3.63, 3.8) is 0 Å².